The van der Waals surface area contributed by atoms with Crippen LogP contribution in [0.25, 0.3) is 0 Å². The molecule has 1 amide bonds. The highest BCUT2D eigenvalue weighted by Crippen LogP contribution is 2.29. The van der Waals surface area contributed by atoms with E-state index in [0.717, 1.165) is 31.6 Å². The summed E-state index contributed by atoms with van der Waals surface area (Å²) < 4.78 is 5.92. The first-order valence-corrected chi connectivity index (χ1v) is 8.89. The Morgan fingerprint density at radius 3 is 2.62 bits per heavy atom. The number of rotatable bonds is 3. The predicted octanol–water partition coefficient (Wildman–Crippen LogP) is 3.53. The third-order valence-corrected chi connectivity index (χ3v) is 5.19. The topological polar surface area (TPSA) is 29.5 Å². The molecule has 0 N–H and O–H groups in total. The second-order valence-corrected chi connectivity index (χ2v) is 6.72. The van der Waals surface area contributed by atoms with Crippen molar-refractivity contribution in [3.63, 3.8) is 0 Å². The number of fused-ring (bicyclic) bond motifs is 2. The highest BCUT2D eigenvalue weighted by Gasteiger charge is 2.21. The molecule has 24 heavy (non-hydrogen) atoms. The van der Waals surface area contributed by atoms with Crippen LogP contribution in [0.3, 0.4) is 0 Å². The van der Waals surface area contributed by atoms with Crippen molar-refractivity contribution in [2.24, 2.45) is 0 Å². The van der Waals surface area contributed by atoms with Gasteiger partial charge in [0.25, 0.3) is 5.91 Å². The van der Waals surface area contributed by atoms with E-state index < -0.39 is 0 Å². The zero-order valence-electron chi connectivity index (χ0n) is 14.0. The number of nitrogens with zero attached hydrogens (tertiary/aromatic N) is 1. The summed E-state index contributed by atoms with van der Waals surface area (Å²) in [6, 6.07) is 14.6. The molecule has 1 aliphatic heterocycles. The van der Waals surface area contributed by atoms with Crippen LogP contribution < -0.4 is 4.74 Å². The predicted molar refractivity (Wildman–Crippen MR) is 94.1 cm³/mol. The van der Waals surface area contributed by atoms with Gasteiger partial charge in [0, 0.05) is 13.1 Å². The maximum absolute atomic E-state index is 12.6. The smallest absolute Gasteiger partial charge is 0.260 e. The van der Waals surface area contributed by atoms with Gasteiger partial charge >= 0.3 is 0 Å². The maximum atomic E-state index is 12.6. The van der Waals surface area contributed by atoms with Crippen LogP contribution in [0.2, 0.25) is 0 Å². The zero-order valence-corrected chi connectivity index (χ0v) is 14.0. The van der Waals surface area contributed by atoms with Crippen LogP contribution in [-0.4, -0.2) is 24.0 Å². The van der Waals surface area contributed by atoms with Crippen molar-refractivity contribution in [3.8, 4) is 5.75 Å². The first-order valence-electron chi connectivity index (χ1n) is 8.89. The molecule has 3 nitrogen and oxygen atoms in total. The molecular formula is C21H23NO2. The van der Waals surface area contributed by atoms with E-state index >= 15 is 0 Å². The molecule has 2 aromatic rings. The minimum Gasteiger partial charge on any atom is -0.483 e. The average molecular weight is 321 g/mol. The summed E-state index contributed by atoms with van der Waals surface area (Å²) in [4.78, 5) is 14.5. The van der Waals surface area contributed by atoms with E-state index in [2.05, 4.69) is 24.3 Å². The highest BCUT2D eigenvalue weighted by molar-refractivity contribution is 5.78. The molecule has 0 unspecified atom stereocenters. The van der Waals surface area contributed by atoms with Crippen LogP contribution in [0.1, 0.15) is 35.1 Å². The van der Waals surface area contributed by atoms with E-state index in [4.69, 9.17) is 4.74 Å². The molecule has 0 saturated heterocycles. The lowest BCUT2D eigenvalue weighted by Crippen LogP contribution is -2.38. The number of amides is 1. The van der Waals surface area contributed by atoms with Gasteiger partial charge in [-0.15, -0.1) is 0 Å². The molecule has 0 radical (unpaired) electrons. The summed E-state index contributed by atoms with van der Waals surface area (Å²) in [5.74, 6) is 0.982. The number of aryl methyl sites for hydroxylation is 1. The zero-order chi connectivity index (χ0) is 16.4. The van der Waals surface area contributed by atoms with E-state index in [9.17, 15) is 4.79 Å². The fourth-order valence-corrected chi connectivity index (χ4v) is 3.82. The normalized spacial score (nSPS) is 16.2. The number of carbonyl (C=O) groups excluding carboxylic acids is 1. The number of hydrogen-bond donors (Lipinski definition) is 0. The maximum Gasteiger partial charge on any atom is 0.260 e. The summed E-state index contributed by atoms with van der Waals surface area (Å²) >= 11 is 0. The molecule has 1 aliphatic carbocycles. The van der Waals surface area contributed by atoms with Gasteiger partial charge in [-0.25, -0.2) is 0 Å². The van der Waals surface area contributed by atoms with Gasteiger partial charge in [0.1, 0.15) is 5.75 Å². The summed E-state index contributed by atoms with van der Waals surface area (Å²) in [5, 5.41) is 0. The second kappa shape index (κ2) is 6.68. The summed E-state index contributed by atoms with van der Waals surface area (Å²) in [6.45, 7) is 1.62. The number of hydrogen-bond acceptors (Lipinski definition) is 2. The van der Waals surface area contributed by atoms with E-state index in [-0.39, 0.29) is 12.5 Å². The Bertz CT molecular complexity index is 753. The van der Waals surface area contributed by atoms with E-state index in [1.807, 2.05) is 23.1 Å². The van der Waals surface area contributed by atoms with Gasteiger partial charge in [0.2, 0.25) is 0 Å². The molecule has 1 heterocycles. The van der Waals surface area contributed by atoms with Gasteiger partial charge in [-0.3, -0.25) is 4.79 Å². The van der Waals surface area contributed by atoms with Gasteiger partial charge in [-0.05, 0) is 60.4 Å². The molecule has 0 atom stereocenters. The fourth-order valence-electron chi connectivity index (χ4n) is 3.82. The third kappa shape index (κ3) is 3.03. The molecule has 4 rings (SSSR count). The van der Waals surface area contributed by atoms with Crippen molar-refractivity contribution in [1.82, 2.24) is 4.90 Å². The Balaban J connectivity index is 1.41. The largest absolute Gasteiger partial charge is 0.483 e. The van der Waals surface area contributed by atoms with Gasteiger partial charge in [0.05, 0.1) is 0 Å². The molecule has 2 aliphatic rings. The Morgan fingerprint density at radius 2 is 1.71 bits per heavy atom. The van der Waals surface area contributed by atoms with E-state index in [0.29, 0.717) is 6.54 Å². The molecule has 2 aromatic carbocycles. The fraction of sp³-hybridized carbons (Fsp3) is 0.381. The van der Waals surface area contributed by atoms with Crippen molar-refractivity contribution in [2.45, 2.75) is 38.6 Å². The lowest BCUT2D eigenvalue weighted by molar-refractivity contribution is -0.134. The third-order valence-electron chi connectivity index (χ3n) is 5.19. The quantitative estimate of drug-likeness (QED) is 0.865. The summed E-state index contributed by atoms with van der Waals surface area (Å²) in [6.07, 6.45) is 5.59. The first-order chi connectivity index (χ1) is 11.8. The average Bonchev–Trinajstić information content (AvgIpc) is 2.65. The highest BCUT2D eigenvalue weighted by atomic mass is 16.5. The van der Waals surface area contributed by atoms with Crippen LogP contribution in [-0.2, 0) is 30.6 Å². The van der Waals surface area contributed by atoms with Crippen LogP contribution >= 0.6 is 0 Å². The van der Waals surface area contributed by atoms with Crippen molar-refractivity contribution in [3.05, 3.63) is 64.7 Å². The number of carbonyl (C=O) groups is 1. The van der Waals surface area contributed by atoms with Crippen LogP contribution in [0, 0.1) is 0 Å². The van der Waals surface area contributed by atoms with E-state index in [1.165, 1.54) is 35.1 Å². The Kier molecular flexibility index (Phi) is 4.24. The molecule has 0 aromatic heterocycles. The first kappa shape index (κ1) is 15.3. The summed E-state index contributed by atoms with van der Waals surface area (Å²) in [5.41, 5.74) is 5.31. The molecule has 0 spiro atoms. The van der Waals surface area contributed by atoms with Gasteiger partial charge in [0.15, 0.2) is 6.61 Å². The van der Waals surface area contributed by atoms with Crippen LogP contribution in [0.5, 0.6) is 5.75 Å². The van der Waals surface area contributed by atoms with Crippen molar-refractivity contribution < 1.29 is 9.53 Å². The van der Waals surface area contributed by atoms with Crippen LogP contribution in [0.15, 0.2) is 42.5 Å². The van der Waals surface area contributed by atoms with Crippen LogP contribution in [0.4, 0.5) is 0 Å². The SMILES string of the molecule is O=C(COc1cccc2c1CCCC2)N1CCc2ccccc2C1. The second-order valence-electron chi connectivity index (χ2n) is 6.72. The van der Waals surface area contributed by atoms with Crippen molar-refractivity contribution in [2.75, 3.05) is 13.2 Å². The van der Waals surface area contributed by atoms with Gasteiger partial charge < -0.3 is 9.64 Å². The lowest BCUT2D eigenvalue weighted by atomic mass is 9.91. The molecule has 0 fully saturated rings. The van der Waals surface area contributed by atoms with Crippen molar-refractivity contribution >= 4 is 5.91 Å². The van der Waals surface area contributed by atoms with E-state index in [1.54, 1.807) is 0 Å². The molecule has 3 heteroatoms. The van der Waals surface area contributed by atoms with Gasteiger partial charge in [-0.1, -0.05) is 36.4 Å². The minimum atomic E-state index is 0.0814. The Morgan fingerprint density at radius 1 is 0.917 bits per heavy atom. The Hall–Kier alpha value is -2.29. The van der Waals surface area contributed by atoms with Gasteiger partial charge in [-0.2, -0.15) is 0 Å². The number of benzene rings is 2. The lowest BCUT2D eigenvalue weighted by Gasteiger charge is -2.29. The Labute approximate surface area is 143 Å². The molecule has 124 valence electrons. The summed E-state index contributed by atoms with van der Waals surface area (Å²) in [7, 11) is 0. The van der Waals surface area contributed by atoms with Crippen molar-refractivity contribution in [1.29, 1.82) is 0 Å². The minimum absolute atomic E-state index is 0.0814. The molecule has 0 saturated carbocycles. The molecular weight excluding hydrogens is 298 g/mol. The monoisotopic (exact) mass is 321 g/mol. The molecule has 0 bridgehead atoms. The number of ether oxygens (including phenoxy) is 1. The standard InChI is InChI=1S/C21H23NO2/c23-21(22-13-12-16-6-1-2-8-18(16)14-22)15-24-20-11-5-9-17-7-3-4-10-19(17)20/h1-2,5-6,8-9,11H,3-4,7,10,12-15H2.